The fourth-order valence-electron chi connectivity index (χ4n) is 2.78. The Balaban J connectivity index is 1.62. The summed E-state index contributed by atoms with van der Waals surface area (Å²) in [4.78, 5) is 9.07. The maximum Gasteiger partial charge on any atom is 0.128 e. The van der Waals surface area contributed by atoms with Crippen molar-refractivity contribution in [3.8, 4) is 6.07 Å². The molecule has 0 aliphatic carbocycles. The molecular weight excluding hydrogens is 272 g/mol. The number of aryl methyl sites for hydroxylation is 1. The molecule has 1 aromatic carbocycles. The van der Waals surface area contributed by atoms with Gasteiger partial charge in [-0.3, -0.25) is 0 Å². The second-order valence-electron chi connectivity index (χ2n) is 5.51. The van der Waals surface area contributed by atoms with Crippen LogP contribution in [-0.4, -0.2) is 31.2 Å². The van der Waals surface area contributed by atoms with E-state index in [1.165, 1.54) is 11.3 Å². The molecule has 22 heavy (non-hydrogen) atoms. The van der Waals surface area contributed by atoms with Crippen LogP contribution >= 0.6 is 0 Å². The number of piperazine rings is 1. The van der Waals surface area contributed by atoms with Gasteiger partial charge in [0.25, 0.3) is 0 Å². The molecule has 1 aromatic heterocycles. The van der Waals surface area contributed by atoms with Gasteiger partial charge in [-0.2, -0.15) is 5.26 Å². The molecule has 0 amide bonds. The van der Waals surface area contributed by atoms with Crippen LogP contribution in [0.1, 0.15) is 18.1 Å². The van der Waals surface area contributed by atoms with Crippen LogP contribution in [0, 0.1) is 11.3 Å². The highest BCUT2D eigenvalue weighted by Crippen LogP contribution is 2.20. The van der Waals surface area contributed by atoms with Crippen LogP contribution in [-0.2, 0) is 6.42 Å². The van der Waals surface area contributed by atoms with E-state index in [1.54, 1.807) is 6.20 Å². The summed E-state index contributed by atoms with van der Waals surface area (Å²) >= 11 is 0. The van der Waals surface area contributed by atoms with Crippen LogP contribution in [0.4, 0.5) is 11.5 Å². The Labute approximate surface area is 131 Å². The van der Waals surface area contributed by atoms with E-state index in [0.717, 1.165) is 38.4 Å². The number of aromatic nitrogens is 1. The van der Waals surface area contributed by atoms with E-state index in [4.69, 9.17) is 5.26 Å². The zero-order chi connectivity index (χ0) is 15.4. The Morgan fingerprint density at radius 2 is 1.68 bits per heavy atom. The van der Waals surface area contributed by atoms with Gasteiger partial charge >= 0.3 is 0 Å². The molecule has 0 radical (unpaired) electrons. The molecule has 0 N–H and O–H groups in total. The molecule has 1 aliphatic heterocycles. The first-order valence-electron chi connectivity index (χ1n) is 7.75. The van der Waals surface area contributed by atoms with E-state index in [1.807, 2.05) is 12.1 Å². The highest BCUT2D eigenvalue weighted by Gasteiger charge is 2.18. The zero-order valence-corrected chi connectivity index (χ0v) is 12.9. The van der Waals surface area contributed by atoms with Crippen molar-refractivity contribution in [1.82, 2.24) is 4.98 Å². The first kappa shape index (κ1) is 14.4. The molecule has 0 saturated carbocycles. The average Bonchev–Trinajstić information content (AvgIpc) is 2.62. The quantitative estimate of drug-likeness (QED) is 0.872. The number of hydrogen-bond donors (Lipinski definition) is 0. The SMILES string of the molecule is CCc1ccc(N2CCN(c3ccc(C#N)cn3)CC2)cc1. The van der Waals surface area contributed by atoms with Gasteiger partial charge in [-0.25, -0.2) is 4.98 Å². The molecule has 3 rings (SSSR count). The molecule has 0 bridgehead atoms. The highest BCUT2D eigenvalue weighted by atomic mass is 15.3. The molecule has 0 spiro atoms. The van der Waals surface area contributed by atoms with Crippen molar-refractivity contribution in [2.75, 3.05) is 36.0 Å². The maximum absolute atomic E-state index is 8.83. The van der Waals surface area contributed by atoms with Crippen molar-refractivity contribution < 1.29 is 0 Å². The Morgan fingerprint density at radius 1 is 1.00 bits per heavy atom. The predicted octanol–water partition coefficient (Wildman–Crippen LogP) is 2.84. The lowest BCUT2D eigenvalue weighted by atomic mass is 10.1. The summed E-state index contributed by atoms with van der Waals surface area (Å²) in [6.07, 6.45) is 2.73. The monoisotopic (exact) mass is 292 g/mol. The van der Waals surface area contributed by atoms with Gasteiger partial charge in [-0.05, 0) is 36.2 Å². The van der Waals surface area contributed by atoms with E-state index in [0.29, 0.717) is 5.56 Å². The van der Waals surface area contributed by atoms with E-state index < -0.39 is 0 Å². The minimum Gasteiger partial charge on any atom is -0.368 e. The number of anilines is 2. The molecule has 0 atom stereocenters. The fraction of sp³-hybridized carbons (Fsp3) is 0.333. The molecule has 4 heteroatoms. The number of rotatable bonds is 3. The maximum atomic E-state index is 8.83. The van der Waals surface area contributed by atoms with Crippen molar-refractivity contribution in [2.45, 2.75) is 13.3 Å². The highest BCUT2D eigenvalue weighted by molar-refractivity contribution is 5.50. The summed E-state index contributed by atoms with van der Waals surface area (Å²) in [6.45, 7) is 6.07. The largest absolute Gasteiger partial charge is 0.368 e. The molecule has 2 aromatic rings. The van der Waals surface area contributed by atoms with Crippen molar-refractivity contribution in [2.24, 2.45) is 0 Å². The lowest BCUT2D eigenvalue weighted by Crippen LogP contribution is -2.46. The number of nitriles is 1. The molecule has 4 nitrogen and oxygen atoms in total. The first-order chi connectivity index (χ1) is 10.8. The third kappa shape index (κ3) is 3.04. The second kappa shape index (κ2) is 6.48. The lowest BCUT2D eigenvalue weighted by molar-refractivity contribution is 0.647. The number of nitrogens with zero attached hydrogens (tertiary/aromatic N) is 4. The third-order valence-corrected chi connectivity index (χ3v) is 4.19. The Kier molecular flexibility index (Phi) is 4.24. The third-order valence-electron chi connectivity index (χ3n) is 4.19. The standard InChI is InChI=1S/C18H20N4/c1-2-15-3-6-17(7-4-15)21-9-11-22(12-10-21)18-8-5-16(13-19)14-20-18/h3-8,14H,2,9-12H2,1H3. The lowest BCUT2D eigenvalue weighted by Gasteiger charge is -2.36. The molecule has 0 unspecified atom stereocenters. The summed E-state index contributed by atoms with van der Waals surface area (Å²) in [5, 5.41) is 8.83. The molecule has 1 fully saturated rings. The molecular formula is C18H20N4. The minimum atomic E-state index is 0.610. The summed E-state index contributed by atoms with van der Waals surface area (Å²) in [6, 6.07) is 14.7. The summed E-state index contributed by atoms with van der Waals surface area (Å²) in [7, 11) is 0. The zero-order valence-electron chi connectivity index (χ0n) is 12.9. The smallest absolute Gasteiger partial charge is 0.128 e. The number of hydrogen-bond acceptors (Lipinski definition) is 4. The van der Waals surface area contributed by atoms with Crippen LogP contribution in [0.5, 0.6) is 0 Å². The van der Waals surface area contributed by atoms with Crippen LogP contribution in [0.3, 0.4) is 0 Å². The van der Waals surface area contributed by atoms with Gasteiger partial charge < -0.3 is 9.80 Å². The fourth-order valence-corrected chi connectivity index (χ4v) is 2.78. The van der Waals surface area contributed by atoms with Crippen LogP contribution in [0.25, 0.3) is 0 Å². The number of pyridine rings is 1. The normalized spacial score (nSPS) is 14.7. The van der Waals surface area contributed by atoms with Gasteiger partial charge in [-0.1, -0.05) is 19.1 Å². The number of benzene rings is 1. The van der Waals surface area contributed by atoms with Crippen LogP contribution in [0.2, 0.25) is 0 Å². The van der Waals surface area contributed by atoms with Gasteiger partial charge in [0.15, 0.2) is 0 Å². The van der Waals surface area contributed by atoms with Crippen molar-refractivity contribution in [1.29, 1.82) is 5.26 Å². The van der Waals surface area contributed by atoms with Crippen molar-refractivity contribution in [3.63, 3.8) is 0 Å². The van der Waals surface area contributed by atoms with E-state index in [-0.39, 0.29) is 0 Å². The first-order valence-corrected chi connectivity index (χ1v) is 7.75. The molecule has 2 heterocycles. The second-order valence-corrected chi connectivity index (χ2v) is 5.51. The Bertz CT molecular complexity index is 647. The minimum absolute atomic E-state index is 0.610. The molecule has 1 aliphatic rings. The van der Waals surface area contributed by atoms with Crippen LogP contribution in [0.15, 0.2) is 42.6 Å². The van der Waals surface area contributed by atoms with E-state index in [9.17, 15) is 0 Å². The summed E-state index contributed by atoms with van der Waals surface area (Å²) in [5.74, 6) is 0.958. The average molecular weight is 292 g/mol. The van der Waals surface area contributed by atoms with Crippen molar-refractivity contribution >= 4 is 11.5 Å². The summed E-state index contributed by atoms with van der Waals surface area (Å²) in [5.41, 5.74) is 3.28. The van der Waals surface area contributed by atoms with Gasteiger partial charge in [0.05, 0.1) is 5.56 Å². The van der Waals surface area contributed by atoms with Gasteiger partial charge in [0, 0.05) is 38.1 Å². The topological polar surface area (TPSA) is 43.2 Å². The van der Waals surface area contributed by atoms with Crippen molar-refractivity contribution in [3.05, 3.63) is 53.7 Å². The van der Waals surface area contributed by atoms with Gasteiger partial charge in [0.1, 0.15) is 11.9 Å². The Morgan fingerprint density at radius 3 is 2.23 bits per heavy atom. The van der Waals surface area contributed by atoms with E-state index in [2.05, 4.69) is 52.0 Å². The Hall–Kier alpha value is -2.54. The molecule has 112 valence electrons. The van der Waals surface area contributed by atoms with Gasteiger partial charge in [0.2, 0.25) is 0 Å². The van der Waals surface area contributed by atoms with Crippen LogP contribution < -0.4 is 9.80 Å². The van der Waals surface area contributed by atoms with E-state index >= 15 is 0 Å². The molecule has 1 saturated heterocycles. The van der Waals surface area contributed by atoms with Gasteiger partial charge in [-0.15, -0.1) is 0 Å². The summed E-state index contributed by atoms with van der Waals surface area (Å²) < 4.78 is 0. The predicted molar refractivity (Wildman–Crippen MR) is 89.2 cm³/mol.